The van der Waals surface area contributed by atoms with Crippen molar-refractivity contribution in [2.24, 2.45) is 0 Å². The lowest BCUT2D eigenvalue weighted by Gasteiger charge is -2.20. The van der Waals surface area contributed by atoms with E-state index in [9.17, 15) is 0 Å². The average molecular weight is 742 g/mol. The Labute approximate surface area is 332 Å². The third-order valence-corrected chi connectivity index (χ3v) is 11.2. The van der Waals surface area contributed by atoms with Gasteiger partial charge in [0.2, 0.25) is 0 Å². The summed E-state index contributed by atoms with van der Waals surface area (Å²) in [6.07, 6.45) is 3.96. The lowest BCUT2D eigenvalue weighted by atomic mass is 9.88. The Kier molecular flexibility index (Phi) is 7.94. The van der Waals surface area contributed by atoms with Crippen LogP contribution in [0, 0.1) is 20.8 Å². The summed E-state index contributed by atoms with van der Waals surface area (Å²) in [4.78, 5) is 5.06. The Morgan fingerprint density at radius 3 is 1.98 bits per heavy atom. The Hall–Kier alpha value is -6.92. The summed E-state index contributed by atoms with van der Waals surface area (Å²) >= 11 is 0. The number of nitrogens with zero attached hydrogens (tertiary/aromatic N) is 5. The van der Waals surface area contributed by atoms with E-state index >= 15 is 0 Å². The summed E-state index contributed by atoms with van der Waals surface area (Å²) in [6, 6.07) is 49.3. The molecule has 0 aliphatic rings. The molecule has 278 valence electrons. The summed E-state index contributed by atoms with van der Waals surface area (Å²) < 4.78 is 13.4. The van der Waals surface area contributed by atoms with Gasteiger partial charge < -0.3 is 9.30 Å². The summed E-state index contributed by atoms with van der Waals surface area (Å²) in [7, 11) is 0. The highest BCUT2D eigenvalue weighted by Crippen LogP contribution is 2.43. The molecule has 0 amide bonds. The Balaban J connectivity index is 1.15. The first-order chi connectivity index (χ1) is 27.6. The van der Waals surface area contributed by atoms with Crippen LogP contribution < -0.4 is 4.74 Å². The molecule has 6 nitrogen and oxygen atoms in total. The van der Waals surface area contributed by atoms with Crippen LogP contribution in [-0.4, -0.2) is 23.9 Å². The van der Waals surface area contributed by atoms with Gasteiger partial charge in [-0.3, -0.25) is 4.57 Å². The summed E-state index contributed by atoms with van der Waals surface area (Å²) in [5, 5.41) is 9.70. The van der Waals surface area contributed by atoms with Gasteiger partial charge in [-0.05, 0) is 104 Å². The average Bonchev–Trinajstić information content (AvgIpc) is 3.91. The van der Waals surface area contributed by atoms with Crippen molar-refractivity contribution in [2.75, 3.05) is 0 Å². The van der Waals surface area contributed by atoms with Gasteiger partial charge in [-0.1, -0.05) is 93.1 Å². The fraction of sp³-hybridized carbons (Fsp3) is 0.137. The second kappa shape index (κ2) is 13.1. The van der Waals surface area contributed by atoms with Gasteiger partial charge in [0.25, 0.3) is 0 Å². The molecule has 0 saturated heterocycles. The summed E-state index contributed by atoms with van der Waals surface area (Å²) in [5.41, 5.74) is 13.5. The van der Waals surface area contributed by atoms with E-state index in [-0.39, 0.29) is 5.41 Å². The standard InChI is InChI=1S/C51H43N5O/c1-32-27-33(2)48(34(3)28-32)44-24-26-54(53-44)37-15-12-16-38(30-37)57-39-19-20-41-43-22-21-42-40-17-10-11-18-45(40)55(36-13-8-7-9-14-36)49(42)50(43)56(46(41)31-39)47-29-35(23-25-52-47)51(4,5)6/h7-31H,1-6H3. The highest BCUT2D eigenvalue weighted by atomic mass is 16.5. The van der Waals surface area contributed by atoms with Gasteiger partial charge in [-0.2, -0.15) is 5.10 Å². The number of benzene rings is 6. The molecule has 6 heteroatoms. The van der Waals surface area contributed by atoms with Gasteiger partial charge in [0.05, 0.1) is 33.4 Å². The van der Waals surface area contributed by atoms with Crippen molar-refractivity contribution >= 4 is 43.6 Å². The first kappa shape index (κ1) is 34.6. The zero-order chi connectivity index (χ0) is 39.0. The molecule has 0 aliphatic carbocycles. The quantitative estimate of drug-likeness (QED) is 0.170. The molecule has 0 N–H and O–H groups in total. The van der Waals surface area contributed by atoms with Crippen molar-refractivity contribution in [3.8, 4) is 39.9 Å². The minimum atomic E-state index is -0.0584. The van der Waals surface area contributed by atoms with Crippen molar-refractivity contribution in [3.63, 3.8) is 0 Å². The number of aryl methyl sites for hydroxylation is 3. The topological polar surface area (TPSA) is 49.8 Å². The summed E-state index contributed by atoms with van der Waals surface area (Å²) in [5.74, 6) is 2.34. The molecule has 0 fully saturated rings. The molecule has 0 atom stereocenters. The van der Waals surface area contributed by atoms with Crippen molar-refractivity contribution in [3.05, 3.63) is 174 Å². The van der Waals surface area contributed by atoms with E-state index in [1.54, 1.807) is 0 Å². The normalized spacial score (nSPS) is 12.0. The van der Waals surface area contributed by atoms with E-state index in [0.717, 1.165) is 67.2 Å². The second-order valence-electron chi connectivity index (χ2n) is 16.2. The van der Waals surface area contributed by atoms with E-state index in [1.165, 1.54) is 38.6 Å². The van der Waals surface area contributed by atoms with Crippen LogP contribution >= 0.6 is 0 Å². The molecule has 57 heavy (non-hydrogen) atoms. The van der Waals surface area contributed by atoms with Gasteiger partial charge in [0.15, 0.2) is 0 Å². The molecular formula is C51H43N5O. The molecule has 0 radical (unpaired) electrons. The maximum Gasteiger partial charge on any atom is 0.137 e. The maximum absolute atomic E-state index is 6.70. The fourth-order valence-corrected chi connectivity index (χ4v) is 8.69. The Morgan fingerprint density at radius 1 is 0.544 bits per heavy atom. The van der Waals surface area contributed by atoms with Crippen molar-refractivity contribution in [2.45, 2.75) is 47.0 Å². The van der Waals surface area contributed by atoms with Gasteiger partial charge in [-0.25, -0.2) is 9.67 Å². The first-order valence-corrected chi connectivity index (χ1v) is 19.6. The number of rotatable bonds is 6. The van der Waals surface area contributed by atoms with E-state index in [1.807, 2.05) is 35.3 Å². The van der Waals surface area contributed by atoms with E-state index in [0.29, 0.717) is 0 Å². The molecule has 0 unspecified atom stereocenters. The molecule has 0 spiro atoms. The number of fused-ring (bicyclic) bond motifs is 7. The molecular weight excluding hydrogens is 699 g/mol. The monoisotopic (exact) mass is 741 g/mol. The van der Waals surface area contributed by atoms with E-state index in [4.69, 9.17) is 14.8 Å². The molecule has 6 aromatic carbocycles. The van der Waals surface area contributed by atoms with E-state index < -0.39 is 0 Å². The van der Waals surface area contributed by atoms with Gasteiger partial charge in [0, 0.05) is 57.3 Å². The van der Waals surface area contributed by atoms with Crippen molar-refractivity contribution < 1.29 is 4.74 Å². The number of aromatic nitrogens is 5. The molecule has 0 saturated carbocycles. The van der Waals surface area contributed by atoms with Gasteiger partial charge >= 0.3 is 0 Å². The van der Waals surface area contributed by atoms with Crippen LogP contribution in [0.2, 0.25) is 0 Å². The Morgan fingerprint density at radius 2 is 1.21 bits per heavy atom. The minimum Gasteiger partial charge on any atom is -0.457 e. The smallest absolute Gasteiger partial charge is 0.137 e. The highest BCUT2D eigenvalue weighted by molar-refractivity contribution is 6.23. The van der Waals surface area contributed by atoms with Crippen LogP contribution in [0.25, 0.3) is 72.1 Å². The summed E-state index contributed by atoms with van der Waals surface area (Å²) in [6.45, 7) is 13.2. The number of hydrogen-bond donors (Lipinski definition) is 0. The third-order valence-electron chi connectivity index (χ3n) is 11.2. The van der Waals surface area contributed by atoms with Crippen molar-refractivity contribution in [1.29, 1.82) is 0 Å². The lowest BCUT2D eigenvalue weighted by molar-refractivity contribution is 0.483. The molecule has 0 bridgehead atoms. The van der Waals surface area contributed by atoms with Crippen LogP contribution in [0.15, 0.2) is 152 Å². The largest absolute Gasteiger partial charge is 0.457 e. The van der Waals surface area contributed by atoms with Crippen LogP contribution in [0.3, 0.4) is 0 Å². The first-order valence-electron chi connectivity index (χ1n) is 19.6. The SMILES string of the molecule is Cc1cc(C)c(-c2ccn(-c3cccc(Oc4ccc5c6ccc7c8ccccc8n(-c8ccccc8)c7c6n(-c6cc(C(C)(C)C)ccn6)c5c4)c3)n2)c(C)c1. The molecule has 10 rings (SSSR count). The highest BCUT2D eigenvalue weighted by Gasteiger charge is 2.23. The molecule has 4 heterocycles. The number of para-hydroxylation sites is 2. The minimum absolute atomic E-state index is 0.0584. The lowest BCUT2D eigenvalue weighted by Crippen LogP contribution is -2.12. The second-order valence-corrected chi connectivity index (χ2v) is 16.2. The predicted molar refractivity (Wildman–Crippen MR) is 235 cm³/mol. The van der Waals surface area contributed by atoms with Crippen molar-refractivity contribution in [1.82, 2.24) is 23.9 Å². The van der Waals surface area contributed by atoms with E-state index in [2.05, 4.69) is 172 Å². The van der Waals surface area contributed by atoms with Gasteiger partial charge in [0.1, 0.15) is 17.3 Å². The molecule has 0 aliphatic heterocycles. The fourth-order valence-electron chi connectivity index (χ4n) is 8.69. The molecule has 10 aromatic rings. The predicted octanol–water partition coefficient (Wildman–Crippen LogP) is 13.1. The van der Waals surface area contributed by atoms with Crippen LogP contribution in [-0.2, 0) is 5.41 Å². The maximum atomic E-state index is 6.70. The number of pyridine rings is 1. The van der Waals surface area contributed by atoms with Crippen LogP contribution in [0.4, 0.5) is 0 Å². The van der Waals surface area contributed by atoms with Crippen LogP contribution in [0.5, 0.6) is 11.5 Å². The molecule has 4 aromatic heterocycles. The number of ether oxygens (including phenoxy) is 1. The van der Waals surface area contributed by atoms with Crippen LogP contribution in [0.1, 0.15) is 43.0 Å². The third kappa shape index (κ3) is 5.79. The zero-order valence-corrected chi connectivity index (χ0v) is 33.1. The zero-order valence-electron chi connectivity index (χ0n) is 33.1. The number of hydrogen-bond acceptors (Lipinski definition) is 3. The Bertz CT molecular complexity index is 3150. The van der Waals surface area contributed by atoms with Gasteiger partial charge in [-0.15, -0.1) is 0 Å².